The van der Waals surface area contributed by atoms with Gasteiger partial charge in [0.1, 0.15) is 0 Å². The lowest BCUT2D eigenvalue weighted by Gasteiger charge is -2.25. The second-order valence-electron chi connectivity index (χ2n) is 6.83. The van der Waals surface area contributed by atoms with Crippen LogP contribution in [0.3, 0.4) is 0 Å². The van der Waals surface area contributed by atoms with Crippen molar-refractivity contribution >= 4 is 28.1 Å². The Morgan fingerprint density at radius 1 is 1.00 bits per heavy atom. The van der Waals surface area contributed by atoms with Crippen molar-refractivity contribution in [3.05, 3.63) is 77.5 Å². The number of aromatic nitrogens is 1. The summed E-state index contributed by atoms with van der Waals surface area (Å²) in [6, 6.07) is 17.2. The van der Waals surface area contributed by atoms with E-state index in [4.69, 9.17) is 0 Å². The van der Waals surface area contributed by atoms with E-state index >= 15 is 0 Å². The summed E-state index contributed by atoms with van der Waals surface area (Å²) < 4.78 is 0. The van der Waals surface area contributed by atoms with Crippen molar-refractivity contribution in [2.24, 2.45) is 0 Å². The molecule has 0 radical (unpaired) electrons. The molecule has 0 saturated heterocycles. The minimum absolute atomic E-state index is 0.0146. The molecule has 1 nitrogen and oxygen atoms in total. The van der Waals surface area contributed by atoms with E-state index in [1.54, 1.807) is 0 Å². The number of benzene rings is 2. The molecule has 0 spiro atoms. The summed E-state index contributed by atoms with van der Waals surface area (Å²) in [7, 11) is 0. The van der Waals surface area contributed by atoms with Crippen LogP contribution in [-0.2, 0) is 5.41 Å². The fourth-order valence-electron chi connectivity index (χ4n) is 4.17. The molecule has 1 aromatic heterocycles. The summed E-state index contributed by atoms with van der Waals surface area (Å²) in [5.74, 6) is 0. The SMILES string of the molecule is C=Cc1c(C2=C(C)c3ccccc3C2(C)C)[nH]c2ccccc12. The first-order chi connectivity index (χ1) is 11.1. The maximum atomic E-state index is 4.06. The first-order valence-corrected chi connectivity index (χ1v) is 8.10. The summed E-state index contributed by atoms with van der Waals surface area (Å²) in [5.41, 5.74) is 9.08. The zero-order valence-corrected chi connectivity index (χ0v) is 13.9. The van der Waals surface area contributed by atoms with Crippen molar-refractivity contribution < 1.29 is 0 Å². The normalized spacial score (nSPS) is 16.0. The van der Waals surface area contributed by atoms with Gasteiger partial charge in [0.2, 0.25) is 0 Å². The Hall–Kier alpha value is -2.54. The molecule has 2 aromatic carbocycles. The Morgan fingerprint density at radius 2 is 1.70 bits per heavy atom. The molecule has 4 rings (SSSR count). The smallest absolute Gasteiger partial charge is 0.0509 e. The van der Waals surface area contributed by atoms with Crippen LogP contribution in [0.2, 0.25) is 0 Å². The minimum Gasteiger partial charge on any atom is -0.354 e. The van der Waals surface area contributed by atoms with E-state index in [2.05, 4.69) is 80.9 Å². The molecule has 0 amide bonds. The zero-order chi connectivity index (χ0) is 16.2. The number of hydrogen-bond acceptors (Lipinski definition) is 0. The fourth-order valence-corrected chi connectivity index (χ4v) is 4.17. The van der Waals surface area contributed by atoms with Crippen molar-refractivity contribution in [2.45, 2.75) is 26.2 Å². The minimum atomic E-state index is -0.0146. The van der Waals surface area contributed by atoms with Gasteiger partial charge in [0.05, 0.1) is 5.69 Å². The molecule has 0 fully saturated rings. The van der Waals surface area contributed by atoms with E-state index in [0.717, 1.165) is 0 Å². The lowest BCUT2D eigenvalue weighted by molar-refractivity contribution is 0.701. The molecule has 23 heavy (non-hydrogen) atoms. The molecule has 1 heterocycles. The van der Waals surface area contributed by atoms with E-state index in [1.807, 2.05) is 6.08 Å². The maximum Gasteiger partial charge on any atom is 0.0509 e. The molecule has 0 aliphatic heterocycles. The van der Waals surface area contributed by atoms with Crippen LogP contribution in [0, 0.1) is 0 Å². The molecule has 114 valence electrons. The molecular formula is C22H21N. The number of aromatic amines is 1. The number of allylic oxidation sites excluding steroid dienone is 2. The van der Waals surface area contributed by atoms with Crippen LogP contribution >= 0.6 is 0 Å². The average Bonchev–Trinajstić information content (AvgIpc) is 3.01. The van der Waals surface area contributed by atoms with Gasteiger partial charge < -0.3 is 4.98 Å². The van der Waals surface area contributed by atoms with Crippen LogP contribution in [0.25, 0.3) is 28.1 Å². The van der Waals surface area contributed by atoms with E-state index in [0.29, 0.717) is 0 Å². The summed E-state index contributed by atoms with van der Waals surface area (Å²) >= 11 is 0. The fraction of sp³-hybridized carbons (Fsp3) is 0.182. The molecular weight excluding hydrogens is 278 g/mol. The van der Waals surface area contributed by atoms with Gasteiger partial charge in [-0.15, -0.1) is 0 Å². The molecule has 1 N–H and O–H groups in total. The first-order valence-electron chi connectivity index (χ1n) is 8.10. The zero-order valence-electron chi connectivity index (χ0n) is 13.9. The summed E-state index contributed by atoms with van der Waals surface area (Å²) in [5, 5.41) is 1.24. The highest BCUT2D eigenvalue weighted by molar-refractivity contribution is 6.05. The van der Waals surface area contributed by atoms with Crippen molar-refractivity contribution in [2.75, 3.05) is 0 Å². The number of para-hydroxylation sites is 1. The Balaban J connectivity index is 2.06. The average molecular weight is 299 g/mol. The number of fused-ring (bicyclic) bond motifs is 2. The van der Waals surface area contributed by atoms with Gasteiger partial charge in [0.15, 0.2) is 0 Å². The van der Waals surface area contributed by atoms with Gasteiger partial charge in [-0.3, -0.25) is 0 Å². The Kier molecular flexibility index (Phi) is 2.89. The maximum absolute atomic E-state index is 4.06. The molecule has 0 saturated carbocycles. The molecule has 1 aliphatic carbocycles. The molecule has 0 atom stereocenters. The Morgan fingerprint density at radius 3 is 2.43 bits per heavy atom. The van der Waals surface area contributed by atoms with Gasteiger partial charge in [0.25, 0.3) is 0 Å². The third-order valence-corrected chi connectivity index (χ3v) is 5.20. The van der Waals surface area contributed by atoms with Gasteiger partial charge in [-0.25, -0.2) is 0 Å². The largest absolute Gasteiger partial charge is 0.354 e. The third kappa shape index (κ3) is 1.80. The number of hydrogen-bond donors (Lipinski definition) is 1. The van der Waals surface area contributed by atoms with Crippen LogP contribution in [-0.4, -0.2) is 4.98 Å². The summed E-state index contributed by atoms with van der Waals surface area (Å²) in [6.45, 7) is 10.9. The quantitative estimate of drug-likeness (QED) is 0.594. The molecule has 0 unspecified atom stereocenters. The van der Waals surface area contributed by atoms with E-state index in [1.165, 1.54) is 44.4 Å². The summed E-state index contributed by atoms with van der Waals surface area (Å²) in [6.07, 6.45) is 1.98. The Labute approximate surface area is 137 Å². The topological polar surface area (TPSA) is 15.8 Å². The highest BCUT2D eigenvalue weighted by Crippen LogP contribution is 2.51. The van der Waals surface area contributed by atoms with Gasteiger partial charge in [-0.2, -0.15) is 0 Å². The number of H-pyrrole nitrogens is 1. The van der Waals surface area contributed by atoms with Gasteiger partial charge >= 0.3 is 0 Å². The Bertz CT molecular complexity index is 967. The van der Waals surface area contributed by atoms with Gasteiger partial charge in [-0.05, 0) is 35.3 Å². The molecule has 1 aliphatic rings. The first kappa shape index (κ1) is 14.1. The van der Waals surface area contributed by atoms with Crippen LogP contribution in [0.5, 0.6) is 0 Å². The monoisotopic (exact) mass is 299 g/mol. The van der Waals surface area contributed by atoms with Crippen molar-refractivity contribution in [1.29, 1.82) is 0 Å². The predicted octanol–water partition coefficient (Wildman–Crippen LogP) is 6.03. The predicted molar refractivity (Wildman–Crippen MR) is 100 cm³/mol. The summed E-state index contributed by atoms with van der Waals surface area (Å²) in [4.78, 5) is 3.65. The van der Waals surface area contributed by atoms with Crippen molar-refractivity contribution in [3.8, 4) is 0 Å². The highest BCUT2D eigenvalue weighted by atomic mass is 14.7. The molecule has 3 aromatic rings. The molecule has 0 bridgehead atoms. The number of nitrogens with one attached hydrogen (secondary N) is 1. The van der Waals surface area contributed by atoms with Gasteiger partial charge in [0, 0.05) is 21.9 Å². The van der Waals surface area contributed by atoms with Crippen LogP contribution in [0.4, 0.5) is 0 Å². The second kappa shape index (κ2) is 4.73. The van der Waals surface area contributed by atoms with Crippen LogP contribution < -0.4 is 0 Å². The van der Waals surface area contributed by atoms with Crippen molar-refractivity contribution in [1.82, 2.24) is 4.98 Å². The highest BCUT2D eigenvalue weighted by Gasteiger charge is 2.38. The van der Waals surface area contributed by atoms with E-state index < -0.39 is 0 Å². The van der Waals surface area contributed by atoms with E-state index in [-0.39, 0.29) is 5.41 Å². The second-order valence-corrected chi connectivity index (χ2v) is 6.83. The lowest BCUT2D eigenvalue weighted by Crippen LogP contribution is -2.17. The van der Waals surface area contributed by atoms with Crippen molar-refractivity contribution in [3.63, 3.8) is 0 Å². The van der Waals surface area contributed by atoms with Crippen LogP contribution in [0.1, 0.15) is 43.2 Å². The third-order valence-electron chi connectivity index (χ3n) is 5.20. The number of rotatable bonds is 2. The molecule has 1 heteroatoms. The van der Waals surface area contributed by atoms with Crippen LogP contribution in [0.15, 0.2) is 55.1 Å². The standard InChI is InChI=1S/C22H21N/c1-5-15-17-11-7-9-13-19(17)23-21(15)20-14(2)16-10-6-8-12-18(16)22(20,3)4/h5-13,23H,1H2,2-4H3. The lowest BCUT2D eigenvalue weighted by atomic mass is 9.79. The van der Waals surface area contributed by atoms with Gasteiger partial charge in [-0.1, -0.05) is 69.0 Å². The van der Waals surface area contributed by atoms with E-state index in [9.17, 15) is 0 Å².